The van der Waals surface area contributed by atoms with Gasteiger partial charge < -0.3 is 24.7 Å². The number of alkyl carbamates (subject to hydrolysis) is 1. The molecule has 0 saturated heterocycles. The number of rotatable bonds is 6. The lowest BCUT2D eigenvalue weighted by Crippen LogP contribution is -2.55. The maximum absolute atomic E-state index is 11.7. The molecule has 0 radical (unpaired) electrons. The molecule has 1 rings (SSSR count). The maximum atomic E-state index is 11.7. The average Bonchev–Trinajstić information content (AvgIpc) is 2.41. The summed E-state index contributed by atoms with van der Waals surface area (Å²) < 4.78 is 10.5. The second-order valence-corrected chi connectivity index (χ2v) is 6.52. The Bertz CT molecular complexity index is 538. The highest BCUT2D eigenvalue weighted by Gasteiger charge is 2.24. The molecule has 0 aliphatic carbocycles. The van der Waals surface area contributed by atoms with Crippen molar-refractivity contribution in [2.45, 2.75) is 52.0 Å². The number of hydrogen-bond donors (Lipinski definition) is 1. The molecule has 128 valence electrons. The van der Waals surface area contributed by atoms with E-state index in [0.29, 0.717) is 5.02 Å². The number of hydrogen-bond acceptors (Lipinski definition) is 5. The van der Waals surface area contributed by atoms with Crippen molar-refractivity contribution in [1.29, 1.82) is 0 Å². The van der Waals surface area contributed by atoms with E-state index >= 15 is 0 Å². The smallest absolute Gasteiger partial charge is 0.408 e. The molecule has 0 bridgehead atoms. The van der Waals surface area contributed by atoms with Crippen molar-refractivity contribution in [3.8, 4) is 0 Å². The second-order valence-electron chi connectivity index (χ2n) is 6.09. The molecule has 0 saturated carbocycles. The number of aliphatic carboxylic acids is 1. The van der Waals surface area contributed by atoms with Crippen LogP contribution in [0.3, 0.4) is 0 Å². The first kappa shape index (κ1) is 19.3. The highest BCUT2D eigenvalue weighted by Crippen LogP contribution is 2.12. The first-order chi connectivity index (χ1) is 10.6. The highest BCUT2D eigenvalue weighted by molar-refractivity contribution is 6.30. The van der Waals surface area contributed by atoms with Crippen LogP contribution in [-0.4, -0.2) is 29.8 Å². The van der Waals surface area contributed by atoms with Gasteiger partial charge in [0.15, 0.2) is 0 Å². The van der Waals surface area contributed by atoms with Crippen LogP contribution >= 0.6 is 11.6 Å². The standard InChI is InChI=1S/C16H22ClNO5/c1-10(22-9-11-5-7-12(17)8-6-11)13(14(19)20)18-15(21)23-16(2,3)4/h5-8,10,13H,9H2,1-4H3,(H,18,21)(H,19,20)/p-1/t10-,13+/m1/s1. The fourth-order valence-corrected chi connectivity index (χ4v) is 1.83. The molecule has 6 nitrogen and oxygen atoms in total. The van der Waals surface area contributed by atoms with Crippen LogP contribution in [0.5, 0.6) is 0 Å². The first-order valence-electron chi connectivity index (χ1n) is 7.15. The van der Waals surface area contributed by atoms with Gasteiger partial charge in [0.25, 0.3) is 0 Å². The number of ether oxygens (including phenoxy) is 2. The van der Waals surface area contributed by atoms with Gasteiger partial charge in [-0.1, -0.05) is 23.7 Å². The summed E-state index contributed by atoms with van der Waals surface area (Å²) in [5.74, 6) is -1.44. The molecular formula is C16H21ClNO5-. The van der Waals surface area contributed by atoms with Crippen LogP contribution in [0.1, 0.15) is 33.3 Å². The Hall–Kier alpha value is -1.79. The lowest BCUT2D eigenvalue weighted by molar-refractivity contribution is -0.310. The van der Waals surface area contributed by atoms with Gasteiger partial charge >= 0.3 is 6.09 Å². The maximum Gasteiger partial charge on any atom is 0.408 e. The predicted molar refractivity (Wildman–Crippen MR) is 83.9 cm³/mol. The molecule has 0 spiro atoms. The van der Waals surface area contributed by atoms with Crippen molar-refractivity contribution in [3.05, 3.63) is 34.9 Å². The van der Waals surface area contributed by atoms with E-state index in [0.717, 1.165) is 5.56 Å². The van der Waals surface area contributed by atoms with Crippen LogP contribution in [0.25, 0.3) is 0 Å². The van der Waals surface area contributed by atoms with E-state index in [9.17, 15) is 14.7 Å². The minimum absolute atomic E-state index is 0.179. The lowest BCUT2D eigenvalue weighted by atomic mass is 10.1. The van der Waals surface area contributed by atoms with Crippen molar-refractivity contribution in [2.75, 3.05) is 0 Å². The lowest BCUT2D eigenvalue weighted by Gasteiger charge is -2.28. The fourth-order valence-electron chi connectivity index (χ4n) is 1.71. The Morgan fingerprint density at radius 2 is 1.83 bits per heavy atom. The molecule has 0 fully saturated rings. The number of halogens is 1. The zero-order valence-corrected chi connectivity index (χ0v) is 14.3. The van der Waals surface area contributed by atoms with Gasteiger partial charge in [0.1, 0.15) is 5.60 Å². The van der Waals surface area contributed by atoms with E-state index in [4.69, 9.17) is 21.1 Å². The molecule has 0 aromatic heterocycles. The minimum Gasteiger partial charge on any atom is -0.548 e. The summed E-state index contributed by atoms with van der Waals surface area (Å²) in [6.07, 6.45) is -1.64. The average molecular weight is 343 g/mol. The normalized spacial score (nSPS) is 14.0. The molecule has 1 amide bonds. The molecule has 0 unspecified atom stereocenters. The Kier molecular flexibility index (Phi) is 6.84. The van der Waals surface area contributed by atoms with Gasteiger partial charge in [-0.2, -0.15) is 0 Å². The highest BCUT2D eigenvalue weighted by atomic mass is 35.5. The molecule has 23 heavy (non-hydrogen) atoms. The molecular weight excluding hydrogens is 322 g/mol. The van der Waals surface area contributed by atoms with Crippen LogP contribution in [0, 0.1) is 0 Å². The summed E-state index contributed by atoms with van der Waals surface area (Å²) >= 11 is 5.79. The fraction of sp³-hybridized carbons (Fsp3) is 0.500. The molecule has 0 aliphatic heterocycles. The Morgan fingerprint density at radius 3 is 2.30 bits per heavy atom. The van der Waals surface area contributed by atoms with Crippen molar-refractivity contribution < 1.29 is 24.2 Å². The molecule has 2 atom stereocenters. The minimum atomic E-state index is -1.44. The van der Waals surface area contributed by atoms with Gasteiger partial charge in [-0.15, -0.1) is 0 Å². The van der Waals surface area contributed by atoms with Gasteiger partial charge in [0, 0.05) is 5.02 Å². The SMILES string of the molecule is C[C@@H](OCc1ccc(Cl)cc1)[C@H](NC(=O)OC(C)(C)C)C(=O)[O-]. The number of benzene rings is 1. The van der Waals surface area contributed by atoms with Crippen molar-refractivity contribution >= 4 is 23.7 Å². The van der Waals surface area contributed by atoms with E-state index in [-0.39, 0.29) is 6.61 Å². The second kappa shape index (κ2) is 8.17. The number of carbonyl (C=O) groups is 2. The van der Waals surface area contributed by atoms with Gasteiger partial charge in [0.05, 0.1) is 24.7 Å². The zero-order chi connectivity index (χ0) is 17.6. The largest absolute Gasteiger partial charge is 0.548 e. The third kappa shape index (κ3) is 7.34. The number of carbonyl (C=O) groups excluding carboxylic acids is 2. The van der Waals surface area contributed by atoms with Crippen LogP contribution in [0.2, 0.25) is 5.02 Å². The summed E-state index contributed by atoms with van der Waals surface area (Å²) in [6, 6.07) is 5.63. The molecule has 0 heterocycles. The molecule has 1 aromatic rings. The molecule has 7 heteroatoms. The van der Waals surface area contributed by atoms with Crippen LogP contribution in [0.4, 0.5) is 4.79 Å². The number of carboxylic acid groups (broad SMARTS) is 1. The Morgan fingerprint density at radius 1 is 1.26 bits per heavy atom. The molecule has 1 N–H and O–H groups in total. The summed E-state index contributed by atoms with van der Waals surface area (Å²) in [5, 5.41) is 14.1. The van der Waals surface area contributed by atoms with Gasteiger partial charge in [-0.05, 0) is 45.4 Å². The van der Waals surface area contributed by atoms with E-state index in [2.05, 4.69) is 5.32 Å². The quantitative estimate of drug-likeness (QED) is 0.853. The van der Waals surface area contributed by atoms with Crippen LogP contribution < -0.4 is 10.4 Å². The summed E-state index contributed by atoms with van der Waals surface area (Å²) in [4.78, 5) is 22.9. The zero-order valence-electron chi connectivity index (χ0n) is 13.6. The van der Waals surface area contributed by atoms with Crippen molar-refractivity contribution in [2.24, 2.45) is 0 Å². The Labute approximate surface area is 140 Å². The first-order valence-corrected chi connectivity index (χ1v) is 7.52. The van der Waals surface area contributed by atoms with E-state index in [1.54, 1.807) is 45.0 Å². The third-order valence-corrected chi connectivity index (χ3v) is 3.07. The predicted octanol–water partition coefficient (Wildman–Crippen LogP) is 1.89. The monoisotopic (exact) mass is 342 g/mol. The van der Waals surface area contributed by atoms with Crippen molar-refractivity contribution in [1.82, 2.24) is 5.32 Å². The van der Waals surface area contributed by atoms with E-state index < -0.39 is 29.8 Å². The van der Waals surface area contributed by atoms with Crippen LogP contribution in [0.15, 0.2) is 24.3 Å². The van der Waals surface area contributed by atoms with Gasteiger partial charge in [-0.3, -0.25) is 0 Å². The number of carboxylic acids is 1. The summed E-state index contributed by atoms with van der Waals surface area (Å²) in [7, 11) is 0. The van der Waals surface area contributed by atoms with Crippen LogP contribution in [-0.2, 0) is 20.9 Å². The van der Waals surface area contributed by atoms with E-state index in [1.807, 2.05) is 0 Å². The summed E-state index contributed by atoms with van der Waals surface area (Å²) in [6.45, 7) is 6.76. The third-order valence-electron chi connectivity index (χ3n) is 2.82. The van der Waals surface area contributed by atoms with Gasteiger partial charge in [0.2, 0.25) is 0 Å². The van der Waals surface area contributed by atoms with Gasteiger partial charge in [-0.25, -0.2) is 4.79 Å². The van der Waals surface area contributed by atoms with Crippen molar-refractivity contribution in [3.63, 3.8) is 0 Å². The topological polar surface area (TPSA) is 87.7 Å². The summed E-state index contributed by atoms with van der Waals surface area (Å²) in [5.41, 5.74) is 0.101. The number of amides is 1. The Balaban J connectivity index is 2.60. The molecule has 1 aromatic carbocycles. The number of nitrogens with one attached hydrogen (secondary N) is 1. The molecule has 0 aliphatic rings. The van der Waals surface area contributed by atoms with E-state index in [1.165, 1.54) is 6.92 Å².